The Kier molecular flexibility index (Phi) is 5.53. The maximum absolute atomic E-state index is 14.5. The van der Waals surface area contributed by atoms with Crippen LogP contribution in [0.2, 0.25) is 0 Å². The quantitative estimate of drug-likeness (QED) is 0.318. The lowest BCUT2D eigenvalue weighted by Crippen LogP contribution is -2.43. The molecule has 1 aliphatic heterocycles. The molecule has 1 aromatic rings. The normalized spacial score (nSPS) is 22.9. The van der Waals surface area contributed by atoms with Crippen LogP contribution in [0.3, 0.4) is 0 Å². The van der Waals surface area contributed by atoms with Crippen LogP contribution in [0.5, 0.6) is 11.5 Å². The number of allylic oxidation sites excluding steroid dienone is 2. The minimum Gasteiger partial charge on any atom is -0.508 e. The number of hydrogen-bond acceptors (Lipinski definition) is 5. The summed E-state index contributed by atoms with van der Waals surface area (Å²) < 4.78 is 33.9. The van der Waals surface area contributed by atoms with Gasteiger partial charge in [-0.25, -0.2) is 0 Å². The molecule has 0 fully saturated rings. The summed E-state index contributed by atoms with van der Waals surface area (Å²) in [7, 11) is 0. The molecule has 0 aromatic heterocycles. The Balaban J connectivity index is 1.70. The van der Waals surface area contributed by atoms with Gasteiger partial charge in [0, 0.05) is 11.5 Å². The number of unbranched alkanes of at least 4 members (excludes halogenated alkanes) is 2. The molecule has 0 spiro atoms. The molecule has 0 saturated heterocycles. The van der Waals surface area contributed by atoms with Crippen LogP contribution in [-0.2, 0) is 11.3 Å². The lowest BCUT2D eigenvalue weighted by atomic mass is 9.73. The molecule has 1 N–H and O–H groups in total. The minimum atomic E-state index is -3.26. The molecule has 6 nitrogen and oxygen atoms in total. The third kappa shape index (κ3) is 4.31. The van der Waals surface area contributed by atoms with E-state index in [2.05, 4.69) is 4.84 Å². The predicted molar refractivity (Wildman–Crippen MR) is 93.4 cm³/mol. The maximum atomic E-state index is 14.5. The van der Waals surface area contributed by atoms with E-state index in [9.17, 15) is 24.0 Å². The SMILES string of the molecule is CC1=CC[C@@H]2[C@@H](C1)c1c(O)cc(CCCCCO[N+](=O)[O-])cc1OC2(F)F. The van der Waals surface area contributed by atoms with Crippen LogP contribution in [-0.4, -0.2) is 22.9 Å². The molecule has 27 heavy (non-hydrogen) atoms. The molecule has 2 aliphatic rings. The molecule has 2 atom stereocenters. The van der Waals surface area contributed by atoms with Crippen LogP contribution >= 0.6 is 0 Å². The fraction of sp³-hybridized carbons (Fsp3) is 0.579. The predicted octanol–water partition coefficient (Wildman–Crippen LogP) is 4.74. The van der Waals surface area contributed by atoms with Gasteiger partial charge < -0.3 is 14.7 Å². The highest BCUT2D eigenvalue weighted by Gasteiger charge is 2.52. The zero-order valence-corrected chi connectivity index (χ0v) is 15.1. The number of hydrogen-bond donors (Lipinski definition) is 1. The smallest absolute Gasteiger partial charge is 0.401 e. The van der Waals surface area contributed by atoms with E-state index in [0.29, 0.717) is 43.2 Å². The Morgan fingerprint density at radius 3 is 2.89 bits per heavy atom. The molecule has 1 heterocycles. The summed E-state index contributed by atoms with van der Waals surface area (Å²) in [4.78, 5) is 14.3. The van der Waals surface area contributed by atoms with Gasteiger partial charge in [0.15, 0.2) is 0 Å². The Hall–Kier alpha value is -2.38. The maximum Gasteiger partial charge on any atom is 0.401 e. The van der Waals surface area contributed by atoms with E-state index in [-0.39, 0.29) is 24.5 Å². The largest absolute Gasteiger partial charge is 0.508 e. The van der Waals surface area contributed by atoms with Crippen molar-refractivity contribution in [1.82, 2.24) is 0 Å². The van der Waals surface area contributed by atoms with Crippen LogP contribution in [0, 0.1) is 16.0 Å². The van der Waals surface area contributed by atoms with E-state index in [4.69, 9.17) is 4.74 Å². The number of ether oxygens (including phenoxy) is 1. The van der Waals surface area contributed by atoms with Gasteiger partial charge in [-0.05, 0) is 56.7 Å². The van der Waals surface area contributed by atoms with Crippen LogP contribution in [0.15, 0.2) is 23.8 Å². The van der Waals surface area contributed by atoms with Crippen molar-refractivity contribution in [3.8, 4) is 11.5 Å². The summed E-state index contributed by atoms with van der Waals surface area (Å²) >= 11 is 0. The van der Waals surface area contributed by atoms with Crippen LogP contribution < -0.4 is 4.74 Å². The molecular formula is C19H23F2NO5. The van der Waals surface area contributed by atoms with Gasteiger partial charge in [0.2, 0.25) is 0 Å². The summed E-state index contributed by atoms with van der Waals surface area (Å²) in [5, 5.41) is 19.7. The number of fused-ring (bicyclic) bond motifs is 3. The van der Waals surface area contributed by atoms with Crippen molar-refractivity contribution in [3.05, 3.63) is 45.0 Å². The first-order chi connectivity index (χ1) is 12.8. The summed E-state index contributed by atoms with van der Waals surface area (Å²) in [5.74, 6) is -1.36. The number of aromatic hydroxyl groups is 1. The van der Waals surface area contributed by atoms with Gasteiger partial charge in [0.1, 0.15) is 11.5 Å². The van der Waals surface area contributed by atoms with E-state index < -0.39 is 23.0 Å². The van der Waals surface area contributed by atoms with Crippen molar-refractivity contribution in [1.29, 1.82) is 0 Å². The van der Waals surface area contributed by atoms with Crippen LogP contribution in [0.25, 0.3) is 0 Å². The van der Waals surface area contributed by atoms with Gasteiger partial charge in [0.25, 0.3) is 5.09 Å². The number of benzene rings is 1. The fourth-order valence-electron chi connectivity index (χ4n) is 3.98. The average Bonchev–Trinajstić information content (AvgIpc) is 2.56. The standard InChI is InChI=1S/C19H23F2NO5/c1-12-6-7-15-14(9-12)18-16(23)10-13(11-17(18)27-19(15,20)21)5-3-2-4-8-26-22(24)25/h6,10-11,14-15,23H,2-5,7-9H2,1H3/t14-,15-/m1/s1. The summed E-state index contributed by atoms with van der Waals surface area (Å²) in [6.07, 6.45) is 1.75. The number of phenolic OH excluding ortho intramolecular Hbond substituents is 1. The highest BCUT2D eigenvalue weighted by molar-refractivity contribution is 5.52. The van der Waals surface area contributed by atoms with Gasteiger partial charge in [-0.3, -0.25) is 0 Å². The summed E-state index contributed by atoms with van der Waals surface area (Å²) in [5.41, 5.74) is 2.22. The number of halogens is 2. The number of rotatable bonds is 7. The summed E-state index contributed by atoms with van der Waals surface area (Å²) in [6, 6.07) is 3.20. The topological polar surface area (TPSA) is 81.8 Å². The number of phenols is 1. The average molecular weight is 383 g/mol. The molecule has 0 bridgehead atoms. The molecular weight excluding hydrogens is 360 g/mol. The van der Waals surface area contributed by atoms with Crippen molar-refractivity contribution < 1.29 is 28.5 Å². The minimum absolute atomic E-state index is 0.000570. The third-order valence-electron chi connectivity index (χ3n) is 5.28. The van der Waals surface area contributed by atoms with E-state index >= 15 is 0 Å². The molecule has 0 radical (unpaired) electrons. The molecule has 8 heteroatoms. The van der Waals surface area contributed by atoms with Crippen LogP contribution in [0.1, 0.15) is 56.1 Å². The Labute approximate surface area is 155 Å². The number of alkyl halides is 2. The Morgan fingerprint density at radius 2 is 2.15 bits per heavy atom. The monoisotopic (exact) mass is 383 g/mol. The van der Waals surface area contributed by atoms with E-state index in [1.165, 1.54) is 0 Å². The first-order valence-corrected chi connectivity index (χ1v) is 9.13. The van der Waals surface area contributed by atoms with Gasteiger partial charge in [0.05, 0.1) is 12.5 Å². The van der Waals surface area contributed by atoms with E-state index in [1.807, 2.05) is 13.0 Å². The van der Waals surface area contributed by atoms with Crippen molar-refractivity contribution >= 4 is 0 Å². The Morgan fingerprint density at radius 1 is 1.37 bits per heavy atom. The molecule has 0 saturated carbocycles. The second kappa shape index (κ2) is 7.70. The second-order valence-corrected chi connectivity index (χ2v) is 7.26. The highest BCUT2D eigenvalue weighted by atomic mass is 19.3. The highest BCUT2D eigenvalue weighted by Crippen LogP contribution is 2.55. The Bertz CT molecular complexity index is 750. The van der Waals surface area contributed by atoms with Gasteiger partial charge >= 0.3 is 6.11 Å². The number of aryl methyl sites for hydroxylation is 1. The molecule has 3 rings (SSSR count). The molecule has 1 aliphatic carbocycles. The molecule has 0 amide bonds. The van der Waals surface area contributed by atoms with E-state index in [0.717, 1.165) is 5.57 Å². The first kappa shape index (κ1) is 19.4. The zero-order chi connectivity index (χ0) is 19.6. The fourth-order valence-corrected chi connectivity index (χ4v) is 3.98. The lowest BCUT2D eigenvalue weighted by molar-refractivity contribution is -0.757. The van der Waals surface area contributed by atoms with Crippen LogP contribution in [0.4, 0.5) is 8.78 Å². The van der Waals surface area contributed by atoms with Gasteiger partial charge in [-0.2, -0.15) is 8.78 Å². The summed E-state index contributed by atoms with van der Waals surface area (Å²) in [6.45, 7) is 1.95. The second-order valence-electron chi connectivity index (χ2n) is 7.26. The number of nitrogens with zero attached hydrogens (tertiary/aromatic N) is 1. The zero-order valence-electron chi connectivity index (χ0n) is 15.1. The third-order valence-corrected chi connectivity index (χ3v) is 5.28. The lowest BCUT2D eigenvalue weighted by Gasteiger charge is -2.41. The van der Waals surface area contributed by atoms with Crippen molar-refractivity contribution in [2.24, 2.45) is 5.92 Å². The van der Waals surface area contributed by atoms with Gasteiger partial charge in [-0.1, -0.05) is 18.1 Å². The van der Waals surface area contributed by atoms with Crippen molar-refractivity contribution in [2.75, 3.05) is 6.61 Å². The molecule has 148 valence electrons. The molecule has 0 unspecified atom stereocenters. The van der Waals surface area contributed by atoms with E-state index in [1.54, 1.807) is 12.1 Å². The first-order valence-electron chi connectivity index (χ1n) is 9.13. The van der Waals surface area contributed by atoms with Crippen molar-refractivity contribution in [2.45, 2.75) is 57.5 Å². The molecule has 1 aromatic carbocycles. The van der Waals surface area contributed by atoms with Gasteiger partial charge in [-0.15, -0.1) is 10.1 Å². The van der Waals surface area contributed by atoms with Crippen molar-refractivity contribution in [3.63, 3.8) is 0 Å².